The Morgan fingerprint density at radius 3 is 2.13 bits per heavy atom. The Bertz CT molecular complexity index is 300. The number of hydrogen-bond acceptors (Lipinski definition) is 2. The van der Waals surface area contributed by atoms with Crippen molar-refractivity contribution >= 4 is 7.12 Å². The van der Waals surface area contributed by atoms with Gasteiger partial charge in [0.2, 0.25) is 0 Å². The Balaban J connectivity index is 2.16. The summed E-state index contributed by atoms with van der Waals surface area (Å²) < 4.78 is 11.9. The van der Waals surface area contributed by atoms with Crippen molar-refractivity contribution in [2.24, 2.45) is 0 Å². The summed E-state index contributed by atoms with van der Waals surface area (Å²) in [5, 5.41) is 0. The quantitative estimate of drug-likeness (QED) is 0.614. The fourth-order valence-corrected chi connectivity index (χ4v) is 1.79. The summed E-state index contributed by atoms with van der Waals surface area (Å²) in [7, 11) is -0.188. The molecule has 0 spiro atoms. The van der Waals surface area contributed by atoms with Gasteiger partial charge in [-0.05, 0) is 46.0 Å². The monoisotopic (exact) mass is 206 g/mol. The molecule has 0 aromatic heterocycles. The number of rotatable bonds is 1. The maximum atomic E-state index is 5.96. The van der Waals surface area contributed by atoms with Crippen molar-refractivity contribution < 1.29 is 9.31 Å². The first-order valence-corrected chi connectivity index (χ1v) is 5.65. The summed E-state index contributed by atoms with van der Waals surface area (Å²) in [5.74, 6) is 0. The summed E-state index contributed by atoms with van der Waals surface area (Å²) >= 11 is 0. The summed E-state index contributed by atoms with van der Waals surface area (Å²) in [6.45, 7) is 8.33. The van der Waals surface area contributed by atoms with E-state index in [-0.39, 0.29) is 18.3 Å². The predicted molar refractivity (Wildman–Crippen MR) is 62.5 cm³/mol. The zero-order valence-corrected chi connectivity index (χ0v) is 10.0. The molecule has 3 heteroatoms. The van der Waals surface area contributed by atoms with E-state index in [1.54, 1.807) is 0 Å². The molecule has 0 unspecified atom stereocenters. The van der Waals surface area contributed by atoms with E-state index in [0.717, 1.165) is 12.8 Å². The van der Waals surface area contributed by atoms with E-state index in [1.165, 1.54) is 5.47 Å². The van der Waals surface area contributed by atoms with Gasteiger partial charge in [0.15, 0.2) is 0 Å². The summed E-state index contributed by atoms with van der Waals surface area (Å²) in [6.07, 6.45) is 8.73. The standard InChI is InChI=1S/C12H19BO2/c1-11(2)12(3,4)15-13(14-11)10-8-6-5-7-9-10/h6,8-9H,5,7H2,1-4H3. The highest BCUT2D eigenvalue weighted by molar-refractivity contribution is 6.55. The van der Waals surface area contributed by atoms with Gasteiger partial charge in [-0.3, -0.25) is 0 Å². The second kappa shape index (κ2) is 3.50. The van der Waals surface area contributed by atoms with Crippen molar-refractivity contribution in [2.45, 2.75) is 51.7 Å². The van der Waals surface area contributed by atoms with Gasteiger partial charge in [-0.1, -0.05) is 18.2 Å². The molecule has 0 bridgehead atoms. The molecule has 2 aliphatic rings. The Morgan fingerprint density at radius 2 is 1.67 bits per heavy atom. The van der Waals surface area contributed by atoms with Crippen molar-refractivity contribution in [1.82, 2.24) is 0 Å². The smallest absolute Gasteiger partial charge is 0.399 e. The molecule has 15 heavy (non-hydrogen) atoms. The minimum atomic E-state index is -0.232. The molecule has 1 aliphatic heterocycles. The largest absolute Gasteiger partial charge is 0.494 e. The molecule has 82 valence electrons. The fourth-order valence-electron chi connectivity index (χ4n) is 1.79. The molecule has 0 saturated carbocycles. The van der Waals surface area contributed by atoms with Crippen LogP contribution in [0.5, 0.6) is 0 Å². The predicted octanol–water partition coefficient (Wildman–Crippen LogP) is 2.89. The van der Waals surface area contributed by atoms with Crippen LogP contribution < -0.4 is 0 Å². The summed E-state index contributed by atoms with van der Waals surface area (Å²) in [4.78, 5) is 0. The van der Waals surface area contributed by atoms with E-state index in [4.69, 9.17) is 9.31 Å². The number of hydrogen-bond donors (Lipinski definition) is 0. The van der Waals surface area contributed by atoms with Gasteiger partial charge < -0.3 is 9.31 Å². The molecule has 0 amide bonds. The molecule has 0 aromatic carbocycles. The third kappa shape index (κ3) is 1.91. The second-order valence-corrected chi connectivity index (χ2v) is 5.27. The third-order valence-corrected chi connectivity index (χ3v) is 3.55. The van der Waals surface area contributed by atoms with Crippen LogP contribution in [0.15, 0.2) is 23.7 Å². The zero-order chi connectivity index (χ0) is 11.1. The Labute approximate surface area is 92.5 Å². The molecule has 0 atom stereocenters. The molecule has 0 N–H and O–H groups in total. The van der Waals surface area contributed by atoms with Crippen LogP contribution in [0.3, 0.4) is 0 Å². The molecule has 1 heterocycles. The molecule has 0 aromatic rings. The van der Waals surface area contributed by atoms with E-state index >= 15 is 0 Å². The lowest BCUT2D eigenvalue weighted by molar-refractivity contribution is 0.00578. The lowest BCUT2D eigenvalue weighted by Crippen LogP contribution is -2.41. The van der Waals surface area contributed by atoms with Crippen LogP contribution >= 0.6 is 0 Å². The van der Waals surface area contributed by atoms with Crippen LogP contribution in [0.2, 0.25) is 0 Å². The first kappa shape index (κ1) is 11.0. The van der Waals surface area contributed by atoms with Gasteiger partial charge in [0.25, 0.3) is 0 Å². The third-order valence-electron chi connectivity index (χ3n) is 3.55. The van der Waals surface area contributed by atoms with Crippen LogP contribution in [-0.4, -0.2) is 18.3 Å². The zero-order valence-electron chi connectivity index (χ0n) is 10.0. The molecule has 1 saturated heterocycles. The van der Waals surface area contributed by atoms with Gasteiger partial charge in [-0.15, -0.1) is 0 Å². The Hall–Kier alpha value is -0.535. The summed E-state index contributed by atoms with van der Waals surface area (Å²) in [6, 6.07) is 0. The van der Waals surface area contributed by atoms with Gasteiger partial charge in [-0.2, -0.15) is 0 Å². The molecule has 1 fully saturated rings. The van der Waals surface area contributed by atoms with E-state index in [2.05, 4.69) is 45.9 Å². The molecule has 1 aliphatic carbocycles. The van der Waals surface area contributed by atoms with Gasteiger partial charge in [0.1, 0.15) is 0 Å². The average molecular weight is 206 g/mol. The van der Waals surface area contributed by atoms with Crippen LogP contribution in [-0.2, 0) is 9.31 Å². The normalized spacial score (nSPS) is 28.0. The molecule has 0 radical (unpaired) electrons. The Kier molecular flexibility index (Phi) is 2.56. The minimum absolute atomic E-state index is 0.188. The van der Waals surface area contributed by atoms with Gasteiger partial charge in [-0.25, -0.2) is 0 Å². The highest BCUT2D eigenvalue weighted by atomic mass is 16.7. The van der Waals surface area contributed by atoms with Crippen LogP contribution in [0.1, 0.15) is 40.5 Å². The van der Waals surface area contributed by atoms with Crippen LogP contribution in [0.25, 0.3) is 0 Å². The molecule has 2 nitrogen and oxygen atoms in total. The highest BCUT2D eigenvalue weighted by Crippen LogP contribution is 2.39. The van der Waals surface area contributed by atoms with E-state index in [1.807, 2.05) is 0 Å². The van der Waals surface area contributed by atoms with Crippen LogP contribution in [0, 0.1) is 0 Å². The van der Waals surface area contributed by atoms with E-state index in [9.17, 15) is 0 Å². The first-order chi connectivity index (χ1) is 6.92. The van der Waals surface area contributed by atoms with Crippen molar-refractivity contribution in [3.05, 3.63) is 23.7 Å². The van der Waals surface area contributed by atoms with Gasteiger partial charge >= 0.3 is 7.12 Å². The van der Waals surface area contributed by atoms with E-state index < -0.39 is 0 Å². The van der Waals surface area contributed by atoms with Crippen molar-refractivity contribution in [3.8, 4) is 0 Å². The van der Waals surface area contributed by atoms with Gasteiger partial charge in [0, 0.05) is 0 Å². The van der Waals surface area contributed by atoms with Crippen molar-refractivity contribution in [2.75, 3.05) is 0 Å². The topological polar surface area (TPSA) is 18.5 Å². The Morgan fingerprint density at radius 1 is 1.07 bits per heavy atom. The van der Waals surface area contributed by atoms with Crippen molar-refractivity contribution in [3.63, 3.8) is 0 Å². The first-order valence-electron chi connectivity index (χ1n) is 5.65. The lowest BCUT2D eigenvalue weighted by Gasteiger charge is -2.32. The SMILES string of the molecule is CC1(C)OB(C2=CCCC=C2)OC1(C)C. The lowest BCUT2D eigenvalue weighted by atomic mass is 9.76. The van der Waals surface area contributed by atoms with Gasteiger partial charge in [0.05, 0.1) is 11.2 Å². The average Bonchev–Trinajstić information content (AvgIpc) is 2.38. The minimum Gasteiger partial charge on any atom is -0.399 e. The molecular weight excluding hydrogens is 187 g/mol. The fraction of sp³-hybridized carbons (Fsp3) is 0.667. The summed E-state index contributed by atoms with van der Waals surface area (Å²) in [5.41, 5.74) is 0.702. The molecule has 2 rings (SSSR count). The van der Waals surface area contributed by atoms with Crippen LogP contribution in [0.4, 0.5) is 0 Å². The second-order valence-electron chi connectivity index (χ2n) is 5.27. The highest BCUT2D eigenvalue weighted by Gasteiger charge is 2.51. The number of allylic oxidation sites excluding steroid dienone is 4. The van der Waals surface area contributed by atoms with Crippen molar-refractivity contribution in [1.29, 1.82) is 0 Å². The maximum absolute atomic E-state index is 5.96. The van der Waals surface area contributed by atoms with E-state index in [0.29, 0.717) is 0 Å². The molecular formula is C12H19BO2. The maximum Gasteiger partial charge on any atom is 0.494 e.